The van der Waals surface area contributed by atoms with Crippen LogP contribution in [-0.2, 0) is 20.3 Å². The molecule has 0 unspecified atom stereocenters. The summed E-state index contributed by atoms with van der Waals surface area (Å²) in [5.74, 6) is 2.02. The zero-order valence-electron chi connectivity index (χ0n) is 19.6. The molecule has 3 aromatic carbocycles. The molecule has 0 radical (unpaired) electrons. The zero-order valence-corrected chi connectivity index (χ0v) is 19.6. The number of rotatable bonds is 8. The van der Waals surface area contributed by atoms with E-state index in [1.807, 2.05) is 36.4 Å². The Labute approximate surface area is 197 Å². The molecule has 7 nitrogen and oxygen atoms in total. The van der Waals surface area contributed by atoms with Gasteiger partial charge in [-0.05, 0) is 46.8 Å². The number of benzene rings is 3. The third kappa shape index (κ3) is 4.30. The van der Waals surface area contributed by atoms with Crippen LogP contribution in [0.5, 0.6) is 23.0 Å². The molecular formula is C27H27NO6. The van der Waals surface area contributed by atoms with Crippen LogP contribution in [0.3, 0.4) is 0 Å². The van der Waals surface area contributed by atoms with Crippen LogP contribution in [-0.4, -0.2) is 31.0 Å². The molecule has 0 bridgehead atoms. The summed E-state index contributed by atoms with van der Waals surface area (Å²) >= 11 is 0. The van der Waals surface area contributed by atoms with Gasteiger partial charge in [0.15, 0.2) is 23.0 Å². The predicted octanol–water partition coefficient (Wildman–Crippen LogP) is 4.30. The number of methoxy groups -OCH3 is 3. The maximum absolute atomic E-state index is 13.2. The summed E-state index contributed by atoms with van der Waals surface area (Å²) in [7, 11) is 6.34. The Morgan fingerprint density at radius 2 is 1.47 bits per heavy atom. The number of hydrogen-bond donors (Lipinski definition) is 1. The zero-order chi connectivity index (χ0) is 24.2. The summed E-state index contributed by atoms with van der Waals surface area (Å²) in [6.45, 7) is 0.122. The molecule has 4 aromatic rings. The third-order valence-corrected chi connectivity index (χ3v) is 5.82. The van der Waals surface area contributed by atoms with Crippen LogP contribution in [0.2, 0.25) is 0 Å². The lowest BCUT2D eigenvalue weighted by Gasteiger charge is -2.18. The van der Waals surface area contributed by atoms with Crippen molar-refractivity contribution in [2.45, 2.75) is 13.2 Å². The van der Waals surface area contributed by atoms with Crippen LogP contribution in [0.15, 0.2) is 65.5 Å². The molecule has 0 saturated heterocycles. The molecule has 0 fully saturated rings. The standard InChI is InChI=1S/C27H27NO6/c1-28-22(10-18-11-23(31-2)24(32-3)14-21(18)27(28)30)20-13-25(33-4)26(12-19(20)15-29)34-16-17-8-6-5-7-9-17/h5-14,29H,15-16H2,1-4H3. The highest BCUT2D eigenvalue weighted by atomic mass is 16.5. The van der Waals surface area contributed by atoms with Crippen molar-refractivity contribution < 1.29 is 24.1 Å². The Balaban J connectivity index is 1.83. The van der Waals surface area contributed by atoms with Gasteiger partial charge < -0.3 is 28.6 Å². The molecule has 1 heterocycles. The second-order valence-electron chi connectivity index (χ2n) is 7.78. The van der Waals surface area contributed by atoms with Gasteiger partial charge in [0, 0.05) is 12.6 Å². The van der Waals surface area contributed by atoms with E-state index in [1.54, 1.807) is 50.1 Å². The van der Waals surface area contributed by atoms with Gasteiger partial charge >= 0.3 is 0 Å². The molecule has 0 saturated carbocycles. The topological polar surface area (TPSA) is 79.2 Å². The first-order valence-electron chi connectivity index (χ1n) is 10.7. The summed E-state index contributed by atoms with van der Waals surface area (Å²) in [5, 5.41) is 11.4. The summed E-state index contributed by atoms with van der Waals surface area (Å²) in [6.07, 6.45) is 0. The van der Waals surface area contributed by atoms with Crippen LogP contribution in [0.25, 0.3) is 22.0 Å². The van der Waals surface area contributed by atoms with Gasteiger partial charge in [0.2, 0.25) is 0 Å². The maximum atomic E-state index is 13.2. The second-order valence-corrected chi connectivity index (χ2v) is 7.78. The van der Waals surface area contributed by atoms with Gasteiger partial charge in [-0.25, -0.2) is 0 Å². The number of aliphatic hydroxyl groups is 1. The number of fused-ring (bicyclic) bond motifs is 1. The SMILES string of the molecule is COc1cc2cc(-c3cc(OC)c(OCc4ccccc4)cc3CO)n(C)c(=O)c2cc1OC. The van der Waals surface area contributed by atoms with Gasteiger partial charge in [-0.2, -0.15) is 0 Å². The van der Waals surface area contributed by atoms with E-state index >= 15 is 0 Å². The fourth-order valence-corrected chi connectivity index (χ4v) is 3.97. The molecule has 4 rings (SSSR count). The lowest BCUT2D eigenvalue weighted by molar-refractivity contribution is 0.272. The summed E-state index contributed by atoms with van der Waals surface area (Å²) in [6, 6.07) is 18.7. The third-order valence-electron chi connectivity index (χ3n) is 5.82. The summed E-state index contributed by atoms with van der Waals surface area (Å²) in [5.41, 5.74) is 2.73. The lowest BCUT2D eigenvalue weighted by atomic mass is 10.0. The van der Waals surface area contributed by atoms with E-state index in [0.717, 1.165) is 5.56 Å². The van der Waals surface area contributed by atoms with E-state index in [4.69, 9.17) is 18.9 Å². The van der Waals surface area contributed by atoms with Crippen molar-refractivity contribution >= 4 is 10.8 Å². The molecular weight excluding hydrogens is 434 g/mol. The van der Waals surface area contributed by atoms with Gasteiger partial charge in [0.25, 0.3) is 5.56 Å². The molecule has 34 heavy (non-hydrogen) atoms. The fourth-order valence-electron chi connectivity index (χ4n) is 3.97. The minimum Gasteiger partial charge on any atom is -0.493 e. The summed E-state index contributed by atoms with van der Waals surface area (Å²) in [4.78, 5) is 13.2. The van der Waals surface area contributed by atoms with Crippen molar-refractivity contribution in [1.82, 2.24) is 4.57 Å². The van der Waals surface area contributed by atoms with Crippen molar-refractivity contribution in [3.8, 4) is 34.3 Å². The van der Waals surface area contributed by atoms with Gasteiger partial charge in [-0.1, -0.05) is 30.3 Å². The molecule has 7 heteroatoms. The van der Waals surface area contributed by atoms with E-state index in [2.05, 4.69) is 0 Å². The van der Waals surface area contributed by atoms with Crippen LogP contribution < -0.4 is 24.5 Å². The van der Waals surface area contributed by atoms with E-state index in [9.17, 15) is 9.90 Å². The smallest absolute Gasteiger partial charge is 0.258 e. The first-order chi connectivity index (χ1) is 16.5. The maximum Gasteiger partial charge on any atom is 0.258 e. The minimum absolute atomic E-state index is 0.194. The van der Waals surface area contributed by atoms with Gasteiger partial charge in [-0.3, -0.25) is 4.79 Å². The lowest BCUT2D eigenvalue weighted by Crippen LogP contribution is -2.19. The summed E-state index contributed by atoms with van der Waals surface area (Å²) < 4.78 is 23.9. The Hall–Kier alpha value is -3.97. The average molecular weight is 462 g/mol. The van der Waals surface area contributed by atoms with Crippen molar-refractivity contribution in [3.05, 3.63) is 82.1 Å². The molecule has 176 valence electrons. The molecule has 1 N–H and O–H groups in total. The van der Waals surface area contributed by atoms with E-state index in [0.29, 0.717) is 57.2 Å². The van der Waals surface area contributed by atoms with Crippen molar-refractivity contribution in [2.75, 3.05) is 21.3 Å². The number of pyridine rings is 1. The molecule has 1 aromatic heterocycles. The monoisotopic (exact) mass is 461 g/mol. The molecule has 0 aliphatic heterocycles. The van der Waals surface area contributed by atoms with Gasteiger partial charge in [-0.15, -0.1) is 0 Å². The van der Waals surface area contributed by atoms with Crippen molar-refractivity contribution in [2.24, 2.45) is 7.05 Å². The Morgan fingerprint density at radius 1 is 0.824 bits per heavy atom. The molecule has 0 aliphatic rings. The molecule has 0 atom stereocenters. The quantitative estimate of drug-likeness (QED) is 0.422. The van der Waals surface area contributed by atoms with Gasteiger partial charge in [0.05, 0.1) is 39.0 Å². The van der Waals surface area contributed by atoms with Crippen LogP contribution in [0, 0.1) is 0 Å². The van der Waals surface area contributed by atoms with Crippen LogP contribution >= 0.6 is 0 Å². The molecule has 0 spiro atoms. The molecule has 0 aliphatic carbocycles. The van der Waals surface area contributed by atoms with Crippen molar-refractivity contribution in [3.63, 3.8) is 0 Å². The predicted molar refractivity (Wildman–Crippen MR) is 131 cm³/mol. The average Bonchev–Trinajstić information content (AvgIpc) is 2.88. The molecule has 0 amide bonds. The Bertz CT molecular complexity index is 1380. The number of ether oxygens (including phenoxy) is 4. The number of aliphatic hydroxyl groups excluding tert-OH is 1. The van der Waals surface area contributed by atoms with Crippen molar-refractivity contribution in [1.29, 1.82) is 0 Å². The number of nitrogens with zero attached hydrogens (tertiary/aromatic N) is 1. The highest BCUT2D eigenvalue weighted by molar-refractivity contribution is 5.89. The first-order valence-corrected chi connectivity index (χ1v) is 10.7. The highest BCUT2D eigenvalue weighted by Gasteiger charge is 2.18. The van der Waals surface area contributed by atoms with Crippen LogP contribution in [0.4, 0.5) is 0 Å². The Morgan fingerprint density at radius 3 is 2.12 bits per heavy atom. The second kappa shape index (κ2) is 9.89. The largest absolute Gasteiger partial charge is 0.493 e. The highest BCUT2D eigenvalue weighted by Crippen LogP contribution is 2.38. The number of aromatic nitrogens is 1. The van der Waals surface area contributed by atoms with E-state index < -0.39 is 0 Å². The van der Waals surface area contributed by atoms with Gasteiger partial charge in [0.1, 0.15) is 6.61 Å². The van der Waals surface area contributed by atoms with E-state index in [1.165, 1.54) is 7.11 Å². The van der Waals surface area contributed by atoms with Crippen LogP contribution in [0.1, 0.15) is 11.1 Å². The Kier molecular flexibility index (Phi) is 6.75. The van der Waals surface area contributed by atoms with E-state index in [-0.39, 0.29) is 12.2 Å². The fraction of sp³-hybridized carbons (Fsp3) is 0.222. The normalized spacial score (nSPS) is 10.9. The first kappa shape index (κ1) is 23.2. The minimum atomic E-state index is -0.237. The number of hydrogen-bond acceptors (Lipinski definition) is 6.